The summed E-state index contributed by atoms with van der Waals surface area (Å²) in [5.74, 6) is 0.539. The number of rotatable bonds is 11. The standard InChI is InChI=1S/C14H33NO2SSi/c1-7-10-14(18)13(4)11-19(6,16-5)17-12-15(8-2)9-3/h13-14,18H,7-12H2,1-6H3. The maximum atomic E-state index is 6.13. The van der Waals surface area contributed by atoms with Crippen LogP contribution < -0.4 is 0 Å². The van der Waals surface area contributed by atoms with Crippen LogP contribution in [0.1, 0.15) is 40.5 Å². The van der Waals surface area contributed by atoms with Crippen molar-refractivity contribution in [3.63, 3.8) is 0 Å². The minimum Gasteiger partial charge on any atom is -0.398 e. The molecule has 0 aromatic heterocycles. The van der Waals surface area contributed by atoms with E-state index in [4.69, 9.17) is 21.5 Å². The monoisotopic (exact) mass is 307 g/mol. The van der Waals surface area contributed by atoms with Crippen molar-refractivity contribution in [2.45, 2.75) is 58.4 Å². The summed E-state index contributed by atoms with van der Waals surface area (Å²) in [6, 6.07) is 1.01. The molecule has 3 nitrogen and oxygen atoms in total. The third-order valence-electron chi connectivity index (χ3n) is 3.81. The van der Waals surface area contributed by atoms with E-state index in [9.17, 15) is 0 Å². The first kappa shape index (κ1) is 19.4. The van der Waals surface area contributed by atoms with Gasteiger partial charge in [-0.3, -0.25) is 4.90 Å². The van der Waals surface area contributed by atoms with Crippen LogP contribution in [0, 0.1) is 5.92 Å². The molecule has 0 amide bonds. The summed E-state index contributed by atoms with van der Waals surface area (Å²) < 4.78 is 11.9. The van der Waals surface area contributed by atoms with E-state index in [1.165, 1.54) is 6.42 Å². The van der Waals surface area contributed by atoms with Crippen LogP contribution in [0.25, 0.3) is 0 Å². The van der Waals surface area contributed by atoms with Crippen LogP contribution >= 0.6 is 12.6 Å². The second-order valence-corrected chi connectivity index (χ2v) is 9.49. The maximum absolute atomic E-state index is 6.13. The second kappa shape index (κ2) is 10.2. The molecular formula is C14H33NO2SSi. The molecule has 5 heteroatoms. The van der Waals surface area contributed by atoms with Gasteiger partial charge in [-0.15, -0.1) is 0 Å². The molecule has 0 rings (SSSR count). The van der Waals surface area contributed by atoms with Gasteiger partial charge in [-0.1, -0.05) is 34.1 Å². The lowest BCUT2D eigenvalue weighted by atomic mass is 10.1. The van der Waals surface area contributed by atoms with Crippen LogP contribution in [-0.4, -0.2) is 45.6 Å². The SMILES string of the molecule is CCCC(S)C(C)C[Si](C)(OC)OCN(CC)CC. The fraction of sp³-hybridized carbons (Fsp3) is 1.00. The van der Waals surface area contributed by atoms with Gasteiger partial charge in [0.2, 0.25) is 0 Å². The van der Waals surface area contributed by atoms with E-state index in [1.807, 2.05) is 0 Å². The normalized spacial score (nSPS) is 18.3. The molecule has 0 spiro atoms. The van der Waals surface area contributed by atoms with Crippen molar-refractivity contribution >= 4 is 21.2 Å². The van der Waals surface area contributed by atoms with Crippen molar-refractivity contribution in [1.29, 1.82) is 0 Å². The van der Waals surface area contributed by atoms with E-state index in [2.05, 4.69) is 39.1 Å². The summed E-state index contributed by atoms with van der Waals surface area (Å²) in [6.07, 6.45) is 2.35. The molecule has 0 aromatic carbocycles. The summed E-state index contributed by atoms with van der Waals surface area (Å²) in [5, 5.41) is 0.448. The highest BCUT2D eigenvalue weighted by Crippen LogP contribution is 2.26. The number of hydrogen-bond acceptors (Lipinski definition) is 4. The van der Waals surface area contributed by atoms with Gasteiger partial charge in [-0.05, 0) is 38.0 Å². The molecule has 0 aromatic rings. The van der Waals surface area contributed by atoms with Crippen LogP contribution in [0.15, 0.2) is 0 Å². The molecule has 0 saturated heterocycles. The minimum atomic E-state index is -2.06. The smallest absolute Gasteiger partial charge is 0.335 e. The highest BCUT2D eigenvalue weighted by Gasteiger charge is 2.34. The lowest BCUT2D eigenvalue weighted by Gasteiger charge is -2.32. The quantitative estimate of drug-likeness (QED) is 0.357. The topological polar surface area (TPSA) is 21.7 Å². The highest BCUT2D eigenvalue weighted by atomic mass is 32.1. The van der Waals surface area contributed by atoms with Crippen molar-refractivity contribution < 1.29 is 8.85 Å². The Kier molecular flexibility index (Phi) is 10.5. The van der Waals surface area contributed by atoms with Crippen molar-refractivity contribution in [3.05, 3.63) is 0 Å². The van der Waals surface area contributed by atoms with E-state index in [-0.39, 0.29) is 0 Å². The first-order valence-electron chi connectivity index (χ1n) is 7.51. The molecule has 3 unspecified atom stereocenters. The molecule has 0 saturated carbocycles. The van der Waals surface area contributed by atoms with Gasteiger partial charge in [-0.2, -0.15) is 12.6 Å². The third-order valence-corrected chi connectivity index (χ3v) is 7.57. The van der Waals surface area contributed by atoms with Crippen LogP contribution in [0.5, 0.6) is 0 Å². The van der Waals surface area contributed by atoms with Crippen LogP contribution in [0.4, 0.5) is 0 Å². The zero-order valence-corrected chi connectivity index (χ0v) is 15.5. The Balaban J connectivity index is 4.34. The number of nitrogens with zero attached hydrogens (tertiary/aromatic N) is 1. The van der Waals surface area contributed by atoms with Gasteiger partial charge < -0.3 is 8.85 Å². The molecule has 0 aliphatic rings. The summed E-state index contributed by atoms with van der Waals surface area (Å²) in [4.78, 5) is 2.28. The minimum absolute atomic E-state index is 0.448. The summed E-state index contributed by atoms with van der Waals surface area (Å²) in [5.41, 5.74) is 0. The largest absolute Gasteiger partial charge is 0.398 e. The first-order chi connectivity index (χ1) is 8.92. The lowest BCUT2D eigenvalue weighted by Crippen LogP contribution is -2.43. The average Bonchev–Trinajstić information content (AvgIpc) is 2.40. The van der Waals surface area contributed by atoms with Gasteiger partial charge in [-0.25, -0.2) is 0 Å². The van der Waals surface area contributed by atoms with Crippen molar-refractivity contribution in [2.24, 2.45) is 5.92 Å². The van der Waals surface area contributed by atoms with Crippen molar-refractivity contribution in [2.75, 3.05) is 26.9 Å². The zero-order valence-electron chi connectivity index (χ0n) is 13.6. The van der Waals surface area contributed by atoms with Gasteiger partial charge in [0.25, 0.3) is 0 Å². The fourth-order valence-corrected chi connectivity index (χ4v) is 5.01. The second-order valence-electron chi connectivity index (χ2n) is 5.45. The zero-order chi connectivity index (χ0) is 14.9. The van der Waals surface area contributed by atoms with Gasteiger partial charge in [0, 0.05) is 12.4 Å². The Labute approximate surface area is 126 Å². The molecule has 3 atom stereocenters. The molecule has 0 fully saturated rings. The van der Waals surface area contributed by atoms with Gasteiger partial charge >= 0.3 is 8.56 Å². The molecule has 0 aliphatic heterocycles. The van der Waals surface area contributed by atoms with Crippen LogP contribution in [0.3, 0.4) is 0 Å². The molecule has 0 bridgehead atoms. The summed E-state index contributed by atoms with van der Waals surface area (Å²) in [6.45, 7) is 13.7. The molecule has 0 aliphatic carbocycles. The van der Waals surface area contributed by atoms with Crippen LogP contribution in [0.2, 0.25) is 12.6 Å². The predicted octanol–water partition coefficient (Wildman–Crippen LogP) is 3.76. The molecular weight excluding hydrogens is 274 g/mol. The first-order valence-corrected chi connectivity index (χ1v) is 10.6. The highest BCUT2D eigenvalue weighted by molar-refractivity contribution is 7.81. The molecule has 0 N–H and O–H groups in total. The van der Waals surface area contributed by atoms with E-state index in [0.717, 1.165) is 25.6 Å². The van der Waals surface area contributed by atoms with Gasteiger partial charge in [0.1, 0.15) is 0 Å². The third kappa shape index (κ3) is 7.71. The van der Waals surface area contributed by atoms with E-state index < -0.39 is 8.56 Å². The summed E-state index contributed by atoms with van der Waals surface area (Å²) in [7, 11) is -0.278. The Morgan fingerprint density at radius 1 is 1.21 bits per heavy atom. The van der Waals surface area contributed by atoms with E-state index in [0.29, 0.717) is 17.9 Å². The fourth-order valence-electron chi connectivity index (χ4n) is 2.14. The number of thiol groups is 1. The van der Waals surface area contributed by atoms with Crippen LogP contribution in [-0.2, 0) is 8.85 Å². The van der Waals surface area contributed by atoms with Crippen molar-refractivity contribution in [1.82, 2.24) is 4.90 Å². The van der Waals surface area contributed by atoms with E-state index in [1.54, 1.807) is 7.11 Å². The molecule has 19 heavy (non-hydrogen) atoms. The molecule has 0 heterocycles. The van der Waals surface area contributed by atoms with Gasteiger partial charge in [0.05, 0.1) is 6.73 Å². The molecule has 116 valence electrons. The predicted molar refractivity (Wildman–Crippen MR) is 89.2 cm³/mol. The maximum Gasteiger partial charge on any atom is 0.335 e. The van der Waals surface area contributed by atoms with E-state index >= 15 is 0 Å². The van der Waals surface area contributed by atoms with Gasteiger partial charge in [0.15, 0.2) is 0 Å². The number of hydrogen-bond donors (Lipinski definition) is 1. The Morgan fingerprint density at radius 3 is 2.21 bits per heavy atom. The molecule has 0 radical (unpaired) electrons. The Hall–Kier alpha value is 0.447. The lowest BCUT2D eigenvalue weighted by molar-refractivity contribution is 0.0946. The average molecular weight is 308 g/mol. The Bertz CT molecular complexity index is 229. The summed E-state index contributed by atoms with van der Waals surface area (Å²) >= 11 is 4.70. The Morgan fingerprint density at radius 2 is 1.79 bits per heavy atom. The van der Waals surface area contributed by atoms with Crippen molar-refractivity contribution in [3.8, 4) is 0 Å².